The molecule has 94 valence electrons. The third kappa shape index (κ3) is 3.85. The number of hydrogen-bond acceptors (Lipinski definition) is 3. The van der Waals surface area contributed by atoms with Crippen LogP contribution in [0.3, 0.4) is 0 Å². The molecule has 2 rings (SSSR count). The smallest absolute Gasteiger partial charge is 0.220 e. The Labute approximate surface area is 102 Å². The van der Waals surface area contributed by atoms with Crippen LogP contribution >= 0.6 is 0 Å². The van der Waals surface area contributed by atoms with Gasteiger partial charge in [0.05, 0.1) is 12.0 Å². The highest BCUT2D eigenvalue weighted by Crippen LogP contribution is 2.18. The van der Waals surface area contributed by atoms with Crippen molar-refractivity contribution in [3.8, 4) is 0 Å². The van der Waals surface area contributed by atoms with Crippen LogP contribution in [0, 0.1) is 0 Å². The minimum absolute atomic E-state index is 0.183. The molecule has 1 aromatic rings. The van der Waals surface area contributed by atoms with E-state index in [0.717, 1.165) is 38.0 Å². The highest BCUT2D eigenvalue weighted by Gasteiger charge is 2.22. The fourth-order valence-electron chi connectivity index (χ4n) is 1.82. The summed E-state index contributed by atoms with van der Waals surface area (Å²) in [4.78, 5) is 15.6. The SMILES string of the molecule is CNCc1cncn1CCCC(=O)NC1CC1. The van der Waals surface area contributed by atoms with Crippen LogP contribution in [0.15, 0.2) is 12.5 Å². The predicted molar refractivity (Wildman–Crippen MR) is 65.4 cm³/mol. The van der Waals surface area contributed by atoms with Crippen LogP contribution in [0.5, 0.6) is 0 Å². The van der Waals surface area contributed by atoms with Gasteiger partial charge < -0.3 is 15.2 Å². The molecule has 1 aliphatic carbocycles. The summed E-state index contributed by atoms with van der Waals surface area (Å²) >= 11 is 0. The molecular formula is C12H20N4O. The first-order valence-corrected chi connectivity index (χ1v) is 6.22. The van der Waals surface area contributed by atoms with Crippen LogP contribution in [0.2, 0.25) is 0 Å². The molecule has 1 saturated carbocycles. The normalized spacial score (nSPS) is 14.9. The first-order valence-electron chi connectivity index (χ1n) is 6.22. The number of imidazole rings is 1. The van der Waals surface area contributed by atoms with E-state index in [9.17, 15) is 4.79 Å². The molecule has 2 N–H and O–H groups in total. The van der Waals surface area contributed by atoms with E-state index in [4.69, 9.17) is 0 Å². The molecule has 5 heteroatoms. The Morgan fingerprint density at radius 3 is 3.12 bits per heavy atom. The molecule has 1 aliphatic rings. The molecule has 0 radical (unpaired) electrons. The molecule has 0 aromatic carbocycles. The maximum absolute atomic E-state index is 11.5. The Morgan fingerprint density at radius 2 is 2.41 bits per heavy atom. The van der Waals surface area contributed by atoms with Gasteiger partial charge in [0, 0.05) is 31.7 Å². The van der Waals surface area contributed by atoms with Gasteiger partial charge in [0.25, 0.3) is 0 Å². The average Bonchev–Trinajstić information content (AvgIpc) is 3.00. The number of amides is 1. The Morgan fingerprint density at radius 1 is 1.59 bits per heavy atom. The Kier molecular flexibility index (Phi) is 4.14. The Hall–Kier alpha value is -1.36. The summed E-state index contributed by atoms with van der Waals surface area (Å²) in [6.07, 6.45) is 7.46. The van der Waals surface area contributed by atoms with Gasteiger partial charge in [-0.2, -0.15) is 0 Å². The number of aromatic nitrogens is 2. The number of nitrogens with one attached hydrogen (secondary N) is 2. The van der Waals surface area contributed by atoms with E-state index in [0.29, 0.717) is 12.5 Å². The lowest BCUT2D eigenvalue weighted by Crippen LogP contribution is -2.25. The van der Waals surface area contributed by atoms with Crippen LogP contribution in [0.25, 0.3) is 0 Å². The molecule has 1 amide bonds. The summed E-state index contributed by atoms with van der Waals surface area (Å²) in [5, 5.41) is 6.10. The van der Waals surface area contributed by atoms with Crippen molar-refractivity contribution in [3.05, 3.63) is 18.2 Å². The van der Waals surface area contributed by atoms with E-state index < -0.39 is 0 Å². The van der Waals surface area contributed by atoms with E-state index in [1.165, 1.54) is 0 Å². The fraction of sp³-hybridized carbons (Fsp3) is 0.667. The summed E-state index contributed by atoms with van der Waals surface area (Å²) < 4.78 is 2.10. The lowest BCUT2D eigenvalue weighted by atomic mass is 10.3. The van der Waals surface area contributed by atoms with Crippen molar-refractivity contribution in [2.45, 2.75) is 44.8 Å². The van der Waals surface area contributed by atoms with Gasteiger partial charge in [0.2, 0.25) is 5.91 Å². The van der Waals surface area contributed by atoms with Crippen molar-refractivity contribution in [3.63, 3.8) is 0 Å². The van der Waals surface area contributed by atoms with Crippen molar-refractivity contribution in [1.82, 2.24) is 20.2 Å². The van der Waals surface area contributed by atoms with Crippen LogP contribution in [-0.4, -0.2) is 28.5 Å². The molecule has 0 saturated heterocycles. The Balaban J connectivity index is 1.69. The number of carbonyl (C=O) groups excluding carboxylic acids is 1. The number of hydrogen-bond donors (Lipinski definition) is 2. The van der Waals surface area contributed by atoms with Crippen LogP contribution in [0.1, 0.15) is 31.4 Å². The summed E-state index contributed by atoms with van der Waals surface area (Å²) in [6.45, 7) is 1.67. The van der Waals surface area contributed by atoms with Gasteiger partial charge in [-0.25, -0.2) is 4.98 Å². The highest BCUT2D eigenvalue weighted by molar-refractivity contribution is 5.76. The van der Waals surface area contributed by atoms with Crippen molar-refractivity contribution in [2.75, 3.05) is 7.05 Å². The van der Waals surface area contributed by atoms with Gasteiger partial charge in [-0.3, -0.25) is 4.79 Å². The van der Waals surface area contributed by atoms with Crippen molar-refractivity contribution in [2.24, 2.45) is 0 Å². The van der Waals surface area contributed by atoms with E-state index in [1.807, 2.05) is 19.6 Å². The largest absolute Gasteiger partial charge is 0.353 e. The minimum atomic E-state index is 0.183. The van der Waals surface area contributed by atoms with Gasteiger partial charge in [-0.15, -0.1) is 0 Å². The van der Waals surface area contributed by atoms with E-state index in [2.05, 4.69) is 20.2 Å². The maximum Gasteiger partial charge on any atom is 0.220 e. The molecule has 1 aromatic heterocycles. The molecule has 0 bridgehead atoms. The van der Waals surface area contributed by atoms with Gasteiger partial charge >= 0.3 is 0 Å². The van der Waals surface area contributed by atoms with Gasteiger partial charge in [0.15, 0.2) is 0 Å². The molecule has 0 aliphatic heterocycles. The Bertz CT molecular complexity index is 370. The zero-order chi connectivity index (χ0) is 12.1. The first-order chi connectivity index (χ1) is 8.29. The van der Waals surface area contributed by atoms with E-state index in [1.54, 1.807) is 0 Å². The monoisotopic (exact) mass is 236 g/mol. The van der Waals surface area contributed by atoms with Crippen molar-refractivity contribution in [1.29, 1.82) is 0 Å². The standard InChI is InChI=1S/C12H20N4O/c1-13-7-11-8-14-9-16(11)6-2-3-12(17)15-10-4-5-10/h8-10,13H,2-7H2,1H3,(H,15,17). The zero-order valence-corrected chi connectivity index (χ0v) is 10.3. The third-order valence-corrected chi connectivity index (χ3v) is 2.90. The molecular weight excluding hydrogens is 216 g/mol. The summed E-state index contributed by atoms with van der Waals surface area (Å²) in [5.74, 6) is 0.183. The van der Waals surface area contributed by atoms with E-state index in [-0.39, 0.29) is 5.91 Å². The van der Waals surface area contributed by atoms with Crippen molar-refractivity contribution < 1.29 is 4.79 Å². The average molecular weight is 236 g/mol. The second kappa shape index (κ2) is 5.82. The second-order valence-corrected chi connectivity index (χ2v) is 4.55. The zero-order valence-electron chi connectivity index (χ0n) is 10.3. The number of nitrogens with zero attached hydrogens (tertiary/aromatic N) is 2. The molecule has 1 fully saturated rings. The van der Waals surface area contributed by atoms with Gasteiger partial charge in [0.1, 0.15) is 0 Å². The van der Waals surface area contributed by atoms with Gasteiger partial charge in [-0.05, 0) is 26.3 Å². The third-order valence-electron chi connectivity index (χ3n) is 2.90. The van der Waals surface area contributed by atoms with E-state index >= 15 is 0 Å². The molecule has 1 heterocycles. The molecule has 0 unspecified atom stereocenters. The topological polar surface area (TPSA) is 59.0 Å². The first kappa shape index (κ1) is 12.1. The summed E-state index contributed by atoms with van der Waals surface area (Å²) in [7, 11) is 1.92. The molecule has 17 heavy (non-hydrogen) atoms. The fourth-order valence-corrected chi connectivity index (χ4v) is 1.82. The quantitative estimate of drug-likeness (QED) is 0.731. The maximum atomic E-state index is 11.5. The molecule has 5 nitrogen and oxygen atoms in total. The molecule has 0 spiro atoms. The number of aryl methyl sites for hydroxylation is 1. The highest BCUT2D eigenvalue weighted by atomic mass is 16.1. The van der Waals surface area contributed by atoms with Crippen LogP contribution in [0.4, 0.5) is 0 Å². The number of carbonyl (C=O) groups is 1. The summed E-state index contributed by atoms with van der Waals surface area (Å²) in [6, 6.07) is 0.468. The van der Waals surface area contributed by atoms with Gasteiger partial charge in [-0.1, -0.05) is 0 Å². The minimum Gasteiger partial charge on any atom is -0.353 e. The predicted octanol–water partition coefficient (Wildman–Crippen LogP) is 0.661. The number of rotatable bonds is 7. The lowest BCUT2D eigenvalue weighted by Gasteiger charge is -2.07. The van der Waals surface area contributed by atoms with Crippen LogP contribution in [-0.2, 0) is 17.9 Å². The lowest BCUT2D eigenvalue weighted by molar-refractivity contribution is -0.121. The van der Waals surface area contributed by atoms with Crippen LogP contribution < -0.4 is 10.6 Å². The van der Waals surface area contributed by atoms with Crippen molar-refractivity contribution >= 4 is 5.91 Å². The molecule has 0 atom stereocenters. The summed E-state index contributed by atoms with van der Waals surface area (Å²) in [5.41, 5.74) is 1.16. The second-order valence-electron chi connectivity index (χ2n) is 4.55.